The van der Waals surface area contributed by atoms with E-state index >= 15 is 0 Å². The minimum atomic E-state index is 0.0569. The summed E-state index contributed by atoms with van der Waals surface area (Å²) in [6.07, 6.45) is 0. The molecule has 0 aliphatic rings. The summed E-state index contributed by atoms with van der Waals surface area (Å²) < 4.78 is 11.5. The van der Waals surface area contributed by atoms with Crippen LogP contribution in [0.2, 0.25) is 0 Å². The van der Waals surface area contributed by atoms with Gasteiger partial charge >= 0.3 is 0 Å². The van der Waals surface area contributed by atoms with E-state index in [4.69, 9.17) is 15.2 Å². The Balaban J connectivity index is 1.91. The van der Waals surface area contributed by atoms with Crippen LogP contribution in [0.25, 0.3) is 0 Å². The topological polar surface area (TPSA) is 44.5 Å². The highest BCUT2D eigenvalue weighted by molar-refractivity contribution is 5.51. The van der Waals surface area contributed by atoms with Gasteiger partial charge in [-0.15, -0.1) is 0 Å². The lowest BCUT2D eigenvalue weighted by molar-refractivity contribution is 0.215. The molecular formula is C18H23NO2. The first-order valence-electron chi connectivity index (χ1n) is 7.18. The fourth-order valence-electron chi connectivity index (χ4n) is 2.13. The molecule has 3 nitrogen and oxygen atoms in total. The van der Waals surface area contributed by atoms with E-state index in [1.165, 1.54) is 5.56 Å². The highest BCUT2D eigenvalue weighted by Crippen LogP contribution is 2.30. The van der Waals surface area contributed by atoms with Crippen LogP contribution in [0.5, 0.6) is 11.5 Å². The third kappa shape index (κ3) is 4.15. The van der Waals surface area contributed by atoms with E-state index in [0.29, 0.717) is 24.7 Å². The molecule has 2 aromatic carbocycles. The van der Waals surface area contributed by atoms with Crippen molar-refractivity contribution in [1.29, 1.82) is 0 Å². The molecule has 3 heteroatoms. The quantitative estimate of drug-likeness (QED) is 0.666. The van der Waals surface area contributed by atoms with Crippen LogP contribution in [0.15, 0.2) is 48.5 Å². The lowest BCUT2D eigenvalue weighted by Gasteiger charge is -2.22. The summed E-state index contributed by atoms with van der Waals surface area (Å²) in [4.78, 5) is 0. The van der Waals surface area contributed by atoms with Crippen LogP contribution in [-0.2, 0) is 5.41 Å². The SMILES string of the molecule is CC(C)(C)c1ccccc1OCCOc1ccccc1N. The molecule has 0 heterocycles. The molecule has 0 saturated heterocycles. The average Bonchev–Trinajstić information content (AvgIpc) is 2.45. The molecular weight excluding hydrogens is 262 g/mol. The second kappa shape index (κ2) is 6.53. The monoisotopic (exact) mass is 285 g/mol. The number of para-hydroxylation sites is 3. The van der Waals surface area contributed by atoms with Crippen LogP contribution in [0.1, 0.15) is 26.3 Å². The second-order valence-corrected chi connectivity index (χ2v) is 5.98. The van der Waals surface area contributed by atoms with Crippen LogP contribution in [-0.4, -0.2) is 13.2 Å². The summed E-state index contributed by atoms with van der Waals surface area (Å²) in [6.45, 7) is 7.48. The number of nitrogens with two attached hydrogens (primary N) is 1. The van der Waals surface area contributed by atoms with Gasteiger partial charge in [0.05, 0.1) is 5.69 Å². The fourth-order valence-corrected chi connectivity index (χ4v) is 2.13. The van der Waals surface area contributed by atoms with E-state index in [-0.39, 0.29) is 5.41 Å². The third-order valence-electron chi connectivity index (χ3n) is 3.21. The number of ether oxygens (including phenoxy) is 2. The molecule has 0 amide bonds. The maximum absolute atomic E-state index is 5.86. The summed E-state index contributed by atoms with van der Waals surface area (Å²) >= 11 is 0. The molecule has 0 aromatic heterocycles. The van der Waals surface area contributed by atoms with Gasteiger partial charge in [-0.25, -0.2) is 0 Å². The summed E-state index contributed by atoms with van der Waals surface area (Å²) in [5, 5.41) is 0. The minimum Gasteiger partial charge on any atom is -0.490 e. The Morgan fingerprint density at radius 1 is 0.810 bits per heavy atom. The van der Waals surface area contributed by atoms with Crippen molar-refractivity contribution < 1.29 is 9.47 Å². The molecule has 0 bridgehead atoms. The summed E-state index contributed by atoms with van der Waals surface area (Å²) in [7, 11) is 0. The lowest BCUT2D eigenvalue weighted by atomic mass is 9.86. The Kier molecular flexibility index (Phi) is 4.73. The Hall–Kier alpha value is -2.16. The fraction of sp³-hybridized carbons (Fsp3) is 0.333. The summed E-state index contributed by atoms with van der Waals surface area (Å²) in [6, 6.07) is 15.6. The molecule has 21 heavy (non-hydrogen) atoms. The van der Waals surface area contributed by atoms with Gasteiger partial charge in [0.2, 0.25) is 0 Å². The van der Waals surface area contributed by atoms with Crippen molar-refractivity contribution >= 4 is 5.69 Å². The van der Waals surface area contributed by atoms with Crippen molar-refractivity contribution in [3.05, 3.63) is 54.1 Å². The van der Waals surface area contributed by atoms with Crippen molar-refractivity contribution in [3.8, 4) is 11.5 Å². The van der Waals surface area contributed by atoms with Crippen LogP contribution in [0.4, 0.5) is 5.69 Å². The Bertz CT molecular complexity index is 588. The first kappa shape index (κ1) is 15.2. The standard InChI is InChI=1S/C18H23NO2/c1-18(2,3)14-8-4-6-10-16(14)20-12-13-21-17-11-7-5-9-15(17)19/h4-11H,12-13,19H2,1-3H3. The first-order chi connectivity index (χ1) is 9.98. The van der Waals surface area contributed by atoms with Crippen LogP contribution >= 0.6 is 0 Å². The van der Waals surface area contributed by atoms with Crippen molar-refractivity contribution in [2.75, 3.05) is 18.9 Å². The first-order valence-corrected chi connectivity index (χ1v) is 7.18. The minimum absolute atomic E-state index is 0.0569. The molecule has 2 aromatic rings. The van der Waals surface area contributed by atoms with E-state index in [1.807, 2.05) is 42.5 Å². The summed E-state index contributed by atoms with van der Waals surface area (Å²) in [5.74, 6) is 1.61. The molecule has 0 fully saturated rings. The number of hydrogen-bond acceptors (Lipinski definition) is 3. The predicted molar refractivity (Wildman–Crippen MR) is 87.0 cm³/mol. The molecule has 2 N–H and O–H groups in total. The van der Waals surface area contributed by atoms with Gasteiger partial charge in [0.15, 0.2) is 0 Å². The normalized spacial score (nSPS) is 11.2. The van der Waals surface area contributed by atoms with Gasteiger partial charge < -0.3 is 15.2 Å². The maximum Gasteiger partial charge on any atom is 0.142 e. The molecule has 0 unspecified atom stereocenters. The van der Waals surface area contributed by atoms with Crippen LogP contribution in [0.3, 0.4) is 0 Å². The number of anilines is 1. The van der Waals surface area contributed by atoms with E-state index in [9.17, 15) is 0 Å². The lowest BCUT2D eigenvalue weighted by Crippen LogP contribution is -2.16. The van der Waals surface area contributed by atoms with E-state index in [1.54, 1.807) is 0 Å². The smallest absolute Gasteiger partial charge is 0.142 e. The van der Waals surface area contributed by atoms with Gasteiger partial charge in [-0.2, -0.15) is 0 Å². The van der Waals surface area contributed by atoms with Crippen molar-refractivity contribution in [2.45, 2.75) is 26.2 Å². The van der Waals surface area contributed by atoms with Gasteiger partial charge in [0, 0.05) is 0 Å². The van der Waals surface area contributed by atoms with E-state index < -0.39 is 0 Å². The molecule has 0 saturated carbocycles. The zero-order valence-electron chi connectivity index (χ0n) is 12.9. The van der Waals surface area contributed by atoms with E-state index in [2.05, 4.69) is 26.8 Å². The molecule has 0 spiro atoms. The largest absolute Gasteiger partial charge is 0.490 e. The zero-order valence-corrected chi connectivity index (χ0v) is 12.9. The Labute approximate surface area is 126 Å². The number of hydrogen-bond donors (Lipinski definition) is 1. The van der Waals surface area contributed by atoms with Crippen LogP contribution < -0.4 is 15.2 Å². The second-order valence-electron chi connectivity index (χ2n) is 5.98. The molecule has 0 aliphatic carbocycles. The van der Waals surface area contributed by atoms with Gasteiger partial charge in [0.25, 0.3) is 0 Å². The van der Waals surface area contributed by atoms with Crippen LogP contribution in [0, 0.1) is 0 Å². The number of nitrogen functional groups attached to an aromatic ring is 1. The highest BCUT2D eigenvalue weighted by Gasteiger charge is 2.18. The highest BCUT2D eigenvalue weighted by atomic mass is 16.5. The van der Waals surface area contributed by atoms with Crippen molar-refractivity contribution in [3.63, 3.8) is 0 Å². The van der Waals surface area contributed by atoms with Gasteiger partial charge in [0.1, 0.15) is 24.7 Å². The molecule has 0 aliphatic heterocycles. The number of benzene rings is 2. The van der Waals surface area contributed by atoms with Gasteiger partial charge in [-0.05, 0) is 29.2 Å². The molecule has 0 radical (unpaired) electrons. The number of rotatable bonds is 5. The summed E-state index contributed by atoms with van der Waals surface area (Å²) in [5.41, 5.74) is 7.73. The molecule has 2 rings (SSSR count). The van der Waals surface area contributed by atoms with Gasteiger partial charge in [-0.3, -0.25) is 0 Å². The third-order valence-corrected chi connectivity index (χ3v) is 3.21. The van der Waals surface area contributed by atoms with Crippen molar-refractivity contribution in [2.24, 2.45) is 0 Å². The predicted octanol–water partition coefficient (Wildman–Crippen LogP) is 4.02. The van der Waals surface area contributed by atoms with E-state index in [0.717, 1.165) is 5.75 Å². The zero-order chi connectivity index (χ0) is 15.3. The Morgan fingerprint density at radius 3 is 1.95 bits per heavy atom. The Morgan fingerprint density at radius 2 is 1.33 bits per heavy atom. The van der Waals surface area contributed by atoms with Crippen molar-refractivity contribution in [1.82, 2.24) is 0 Å². The van der Waals surface area contributed by atoms with Gasteiger partial charge in [-0.1, -0.05) is 51.1 Å². The maximum atomic E-state index is 5.86. The molecule has 112 valence electrons. The molecule has 0 atom stereocenters. The average molecular weight is 285 g/mol.